The summed E-state index contributed by atoms with van der Waals surface area (Å²) in [5.41, 5.74) is 3.48. The first-order chi connectivity index (χ1) is 8.15. The van der Waals surface area contributed by atoms with E-state index in [4.69, 9.17) is 0 Å². The molecule has 0 N–H and O–H groups in total. The summed E-state index contributed by atoms with van der Waals surface area (Å²) >= 11 is 0. The Hall–Kier alpha value is -1.90. The van der Waals surface area contributed by atoms with Gasteiger partial charge in [-0.3, -0.25) is 9.48 Å². The number of rotatable bonds is 3. The molecule has 0 atom stereocenters. The Morgan fingerprint density at radius 3 is 2.47 bits per heavy atom. The Morgan fingerprint density at radius 1 is 1.24 bits per heavy atom. The lowest BCUT2D eigenvalue weighted by molar-refractivity contribution is 0.102. The summed E-state index contributed by atoms with van der Waals surface area (Å²) in [6.07, 6.45) is 1.67. The lowest BCUT2D eigenvalue weighted by Crippen LogP contribution is -2.12. The third-order valence-corrected chi connectivity index (χ3v) is 2.96. The van der Waals surface area contributed by atoms with Gasteiger partial charge in [-0.25, -0.2) is 0 Å². The Bertz CT molecular complexity index is 535. The summed E-state index contributed by atoms with van der Waals surface area (Å²) < 4.78 is 1.73. The summed E-state index contributed by atoms with van der Waals surface area (Å²) in [4.78, 5) is 12.5. The average Bonchev–Trinajstić information content (AvgIpc) is 2.76. The van der Waals surface area contributed by atoms with Gasteiger partial charge in [0.25, 0.3) is 0 Å². The summed E-state index contributed by atoms with van der Waals surface area (Å²) in [5.74, 6) is 0.0555. The zero-order chi connectivity index (χ0) is 12.4. The Kier molecular flexibility index (Phi) is 3.09. The van der Waals surface area contributed by atoms with Gasteiger partial charge in [0.05, 0.1) is 0 Å². The van der Waals surface area contributed by atoms with Gasteiger partial charge in [0.2, 0.25) is 5.78 Å². The van der Waals surface area contributed by atoms with Gasteiger partial charge in [-0.2, -0.15) is 5.10 Å². The largest absolute Gasteiger partial charge is 0.287 e. The first-order valence-electron chi connectivity index (χ1n) is 5.78. The molecule has 0 spiro atoms. The summed E-state index contributed by atoms with van der Waals surface area (Å²) in [6, 6.07) is 7.68. The number of carbonyl (C=O) groups excluding carboxylic acids is 1. The SMILES string of the molecule is CCn1nccc1C(=O)c1c(C)cccc1C. The zero-order valence-electron chi connectivity index (χ0n) is 10.4. The minimum Gasteiger partial charge on any atom is -0.287 e. The van der Waals surface area contributed by atoms with Crippen LogP contribution < -0.4 is 0 Å². The van der Waals surface area contributed by atoms with E-state index in [0.29, 0.717) is 12.2 Å². The van der Waals surface area contributed by atoms with E-state index in [2.05, 4.69) is 5.10 Å². The van der Waals surface area contributed by atoms with Gasteiger partial charge in [0, 0.05) is 18.3 Å². The molecule has 2 rings (SSSR count). The van der Waals surface area contributed by atoms with Crippen molar-refractivity contribution in [2.75, 3.05) is 0 Å². The molecule has 1 heterocycles. The number of carbonyl (C=O) groups is 1. The molecule has 1 aromatic carbocycles. The van der Waals surface area contributed by atoms with E-state index in [9.17, 15) is 4.79 Å². The second-order valence-corrected chi connectivity index (χ2v) is 4.13. The number of hydrogen-bond acceptors (Lipinski definition) is 2. The van der Waals surface area contributed by atoms with Crippen molar-refractivity contribution in [3.8, 4) is 0 Å². The second kappa shape index (κ2) is 4.53. The van der Waals surface area contributed by atoms with E-state index < -0.39 is 0 Å². The molecule has 88 valence electrons. The maximum Gasteiger partial charge on any atom is 0.211 e. The molecular weight excluding hydrogens is 212 g/mol. The van der Waals surface area contributed by atoms with E-state index in [1.165, 1.54) is 0 Å². The van der Waals surface area contributed by atoms with Gasteiger partial charge < -0.3 is 0 Å². The van der Waals surface area contributed by atoms with Gasteiger partial charge in [0.1, 0.15) is 5.69 Å². The molecule has 0 aliphatic rings. The molecule has 0 aliphatic carbocycles. The van der Waals surface area contributed by atoms with Crippen LogP contribution in [0.15, 0.2) is 30.5 Å². The summed E-state index contributed by atoms with van der Waals surface area (Å²) in [5, 5.41) is 4.14. The average molecular weight is 228 g/mol. The van der Waals surface area contributed by atoms with Gasteiger partial charge >= 0.3 is 0 Å². The topological polar surface area (TPSA) is 34.9 Å². The Balaban J connectivity index is 2.51. The number of aryl methyl sites for hydroxylation is 3. The van der Waals surface area contributed by atoms with Crippen LogP contribution in [0.4, 0.5) is 0 Å². The first kappa shape index (κ1) is 11.6. The normalized spacial score (nSPS) is 10.5. The Labute approximate surface area is 101 Å². The van der Waals surface area contributed by atoms with E-state index >= 15 is 0 Å². The van der Waals surface area contributed by atoms with Crippen molar-refractivity contribution in [3.63, 3.8) is 0 Å². The predicted octanol–water partition coefficient (Wildman–Crippen LogP) is 2.75. The fourth-order valence-electron chi connectivity index (χ4n) is 2.08. The number of nitrogens with zero attached hydrogens (tertiary/aromatic N) is 2. The summed E-state index contributed by atoms with van der Waals surface area (Å²) in [7, 11) is 0. The van der Waals surface area contributed by atoms with Crippen molar-refractivity contribution in [2.45, 2.75) is 27.3 Å². The minimum atomic E-state index is 0.0555. The highest BCUT2D eigenvalue weighted by Crippen LogP contribution is 2.17. The van der Waals surface area contributed by atoms with Crippen LogP contribution in [0.5, 0.6) is 0 Å². The maximum absolute atomic E-state index is 12.5. The molecule has 17 heavy (non-hydrogen) atoms. The third kappa shape index (κ3) is 2.00. The quantitative estimate of drug-likeness (QED) is 0.757. The molecule has 0 bridgehead atoms. The van der Waals surface area contributed by atoms with Crippen molar-refractivity contribution < 1.29 is 4.79 Å². The lowest BCUT2D eigenvalue weighted by atomic mass is 9.97. The van der Waals surface area contributed by atoms with Crippen LogP contribution in [0.25, 0.3) is 0 Å². The minimum absolute atomic E-state index is 0.0555. The second-order valence-electron chi connectivity index (χ2n) is 4.13. The van der Waals surface area contributed by atoms with Crippen LogP contribution in [0.3, 0.4) is 0 Å². The fraction of sp³-hybridized carbons (Fsp3) is 0.286. The van der Waals surface area contributed by atoms with Crippen LogP contribution in [0, 0.1) is 13.8 Å². The summed E-state index contributed by atoms with van der Waals surface area (Å²) in [6.45, 7) is 6.62. The zero-order valence-corrected chi connectivity index (χ0v) is 10.4. The predicted molar refractivity (Wildman–Crippen MR) is 67.2 cm³/mol. The van der Waals surface area contributed by atoms with Crippen molar-refractivity contribution in [3.05, 3.63) is 52.8 Å². The molecule has 3 heteroatoms. The molecule has 1 aromatic heterocycles. The van der Waals surface area contributed by atoms with Crippen LogP contribution in [0.2, 0.25) is 0 Å². The molecule has 0 fully saturated rings. The van der Waals surface area contributed by atoms with Crippen LogP contribution >= 0.6 is 0 Å². The third-order valence-electron chi connectivity index (χ3n) is 2.96. The molecule has 0 saturated carbocycles. The number of benzene rings is 1. The highest BCUT2D eigenvalue weighted by atomic mass is 16.1. The number of aromatic nitrogens is 2. The van der Waals surface area contributed by atoms with Gasteiger partial charge in [0.15, 0.2) is 0 Å². The number of hydrogen-bond donors (Lipinski definition) is 0. The molecule has 0 radical (unpaired) electrons. The smallest absolute Gasteiger partial charge is 0.211 e. The maximum atomic E-state index is 12.5. The molecule has 0 saturated heterocycles. The van der Waals surface area contributed by atoms with E-state index in [1.54, 1.807) is 16.9 Å². The first-order valence-corrected chi connectivity index (χ1v) is 5.78. The van der Waals surface area contributed by atoms with Crippen LogP contribution in [0.1, 0.15) is 34.1 Å². The molecule has 0 amide bonds. The highest BCUT2D eigenvalue weighted by Gasteiger charge is 2.17. The van der Waals surface area contributed by atoms with Gasteiger partial charge in [-0.05, 0) is 38.0 Å². The fourth-order valence-corrected chi connectivity index (χ4v) is 2.08. The van der Waals surface area contributed by atoms with Crippen molar-refractivity contribution >= 4 is 5.78 Å². The molecule has 3 nitrogen and oxygen atoms in total. The van der Waals surface area contributed by atoms with Gasteiger partial charge in [-0.1, -0.05) is 18.2 Å². The lowest BCUT2D eigenvalue weighted by Gasteiger charge is -2.09. The van der Waals surface area contributed by atoms with E-state index in [0.717, 1.165) is 16.7 Å². The van der Waals surface area contributed by atoms with Crippen molar-refractivity contribution in [1.29, 1.82) is 0 Å². The van der Waals surface area contributed by atoms with E-state index in [1.807, 2.05) is 39.0 Å². The molecule has 0 aliphatic heterocycles. The Morgan fingerprint density at radius 2 is 1.88 bits per heavy atom. The highest BCUT2D eigenvalue weighted by molar-refractivity contribution is 6.09. The molecule has 2 aromatic rings. The van der Waals surface area contributed by atoms with Crippen molar-refractivity contribution in [1.82, 2.24) is 9.78 Å². The van der Waals surface area contributed by atoms with Crippen molar-refractivity contribution in [2.24, 2.45) is 0 Å². The number of ketones is 1. The van der Waals surface area contributed by atoms with Crippen LogP contribution in [-0.2, 0) is 6.54 Å². The monoisotopic (exact) mass is 228 g/mol. The molecule has 0 unspecified atom stereocenters. The van der Waals surface area contributed by atoms with Gasteiger partial charge in [-0.15, -0.1) is 0 Å². The molecular formula is C14H16N2O. The van der Waals surface area contributed by atoms with E-state index in [-0.39, 0.29) is 5.78 Å². The van der Waals surface area contributed by atoms with Crippen LogP contribution in [-0.4, -0.2) is 15.6 Å². The standard InChI is InChI=1S/C14H16N2O/c1-4-16-12(8-9-15-16)14(17)13-10(2)6-5-7-11(13)3/h5-9H,4H2,1-3H3.